The van der Waals surface area contributed by atoms with Crippen molar-refractivity contribution in [2.24, 2.45) is 0 Å². The van der Waals surface area contributed by atoms with Crippen LogP contribution in [-0.2, 0) is 33.8 Å². The summed E-state index contributed by atoms with van der Waals surface area (Å²) in [7, 11) is 0. The monoisotopic (exact) mass is 462 g/mol. The molecule has 0 aliphatic carbocycles. The number of amides is 2. The molecule has 0 unspecified atom stereocenters. The third-order valence-electron chi connectivity index (χ3n) is 5.14. The van der Waals surface area contributed by atoms with Crippen LogP contribution in [-0.4, -0.2) is 52.2 Å². The normalized spacial score (nSPS) is 12.8. The Morgan fingerprint density at radius 3 is 2.59 bits per heavy atom. The average molecular weight is 463 g/mol. The number of hydrogen-bond donors (Lipinski definition) is 1. The van der Waals surface area contributed by atoms with Crippen molar-refractivity contribution >= 4 is 34.3 Å². The summed E-state index contributed by atoms with van der Waals surface area (Å²) in [5.74, 6) is -1.00. The van der Waals surface area contributed by atoms with E-state index in [0.717, 1.165) is 10.4 Å². The Hall–Kier alpha value is -3.21. The fraction of sp³-hybridized carbons (Fsp3) is 0.476. The van der Waals surface area contributed by atoms with Crippen molar-refractivity contribution in [1.82, 2.24) is 14.5 Å². The molecule has 0 atom stereocenters. The summed E-state index contributed by atoms with van der Waals surface area (Å²) < 4.78 is 11.5. The highest BCUT2D eigenvalue weighted by atomic mass is 32.1. The van der Waals surface area contributed by atoms with Crippen LogP contribution in [0.2, 0.25) is 0 Å². The van der Waals surface area contributed by atoms with Gasteiger partial charge in [0.1, 0.15) is 11.5 Å². The molecule has 0 radical (unpaired) electrons. The van der Waals surface area contributed by atoms with E-state index < -0.39 is 18.0 Å². The number of aryl methyl sites for hydroxylation is 1. The zero-order valence-corrected chi connectivity index (χ0v) is 19.3. The van der Waals surface area contributed by atoms with Crippen LogP contribution >= 0.6 is 11.3 Å². The van der Waals surface area contributed by atoms with Gasteiger partial charge in [-0.2, -0.15) is 0 Å². The van der Waals surface area contributed by atoms with E-state index in [2.05, 4.69) is 10.3 Å². The molecule has 32 heavy (non-hydrogen) atoms. The van der Waals surface area contributed by atoms with Crippen LogP contribution in [0.5, 0.6) is 0 Å². The summed E-state index contributed by atoms with van der Waals surface area (Å²) in [6.07, 6.45) is 1.35. The number of hydrogen-bond acceptors (Lipinski definition) is 8. The van der Waals surface area contributed by atoms with E-state index >= 15 is 0 Å². The minimum absolute atomic E-state index is 0.190. The van der Waals surface area contributed by atoms with E-state index in [0.29, 0.717) is 34.8 Å². The van der Waals surface area contributed by atoms with Crippen molar-refractivity contribution in [3.63, 3.8) is 0 Å². The molecule has 0 spiro atoms. The summed E-state index contributed by atoms with van der Waals surface area (Å²) in [6, 6.07) is 0. The molecule has 2 aromatic heterocycles. The first kappa shape index (κ1) is 23.5. The Kier molecular flexibility index (Phi) is 7.29. The van der Waals surface area contributed by atoms with Gasteiger partial charge >= 0.3 is 12.1 Å². The van der Waals surface area contributed by atoms with E-state index in [9.17, 15) is 19.2 Å². The number of nitrogens with one attached hydrogen (secondary N) is 1. The molecule has 10 nitrogen and oxygen atoms in total. The molecule has 2 aromatic rings. The van der Waals surface area contributed by atoms with E-state index in [1.165, 1.54) is 22.2 Å². The van der Waals surface area contributed by atoms with Crippen LogP contribution in [0.15, 0.2) is 11.1 Å². The largest absolute Gasteiger partial charge is 0.462 e. The molecule has 0 bridgehead atoms. The predicted molar refractivity (Wildman–Crippen MR) is 118 cm³/mol. The summed E-state index contributed by atoms with van der Waals surface area (Å²) in [5, 5.41) is 3.08. The molecule has 11 heteroatoms. The summed E-state index contributed by atoms with van der Waals surface area (Å²) in [4.78, 5) is 56.3. The van der Waals surface area contributed by atoms with Crippen molar-refractivity contribution in [3.05, 3.63) is 43.9 Å². The first-order chi connectivity index (χ1) is 15.3. The molecule has 1 aliphatic rings. The number of nitrogens with zero attached hydrogens (tertiary/aromatic N) is 3. The topological polar surface area (TPSA) is 120 Å². The Morgan fingerprint density at radius 1 is 1.19 bits per heavy atom. The fourth-order valence-corrected chi connectivity index (χ4v) is 4.66. The lowest BCUT2D eigenvalue weighted by Gasteiger charge is -2.26. The second-order valence-corrected chi connectivity index (χ2v) is 8.34. The van der Waals surface area contributed by atoms with Crippen LogP contribution in [0.1, 0.15) is 45.9 Å². The first-order valence-corrected chi connectivity index (χ1v) is 11.1. The second kappa shape index (κ2) is 9.94. The zero-order valence-electron chi connectivity index (χ0n) is 18.5. The Labute approximate surface area is 189 Å². The molecule has 2 amide bonds. The molecule has 0 fully saturated rings. The van der Waals surface area contributed by atoms with Crippen LogP contribution in [0.4, 0.5) is 9.80 Å². The maximum atomic E-state index is 12.7. The molecule has 0 saturated carbocycles. The van der Waals surface area contributed by atoms with Crippen molar-refractivity contribution in [3.8, 4) is 0 Å². The van der Waals surface area contributed by atoms with Gasteiger partial charge in [0.25, 0.3) is 5.56 Å². The fourth-order valence-electron chi connectivity index (χ4n) is 3.39. The standard InChI is InChI=1S/C21H26N4O6S/c1-5-30-20(28)17-14-7-8-24(21(29)31-6-2)9-15(14)32-18(17)23-16(26)10-25-11-22-13(4)12(3)19(25)27/h11H,5-10H2,1-4H3,(H,23,26). The maximum Gasteiger partial charge on any atom is 0.410 e. The predicted octanol–water partition coefficient (Wildman–Crippen LogP) is 2.25. The van der Waals surface area contributed by atoms with E-state index in [1.807, 2.05) is 0 Å². The first-order valence-electron chi connectivity index (χ1n) is 10.3. The third-order valence-corrected chi connectivity index (χ3v) is 6.28. The number of fused-ring (bicyclic) bond motifs is 1. The van der Waals surface area contributed by atoms with Gasteiger partial charge in [0, 0.05) is 22.7 Å². The summed E-state index contributed by atoms with van der Waals surface area (Å²) >= 11 is 1.22. The molecular formula is C21H26N4O6S. The number of aromatic nitrogens is 2. The lowest BCUT2D eigenvalue weighted by Crippen LogP contribution is -2.36. The minimum Gasteiger partial charge on any atom is -0.462 e. The lowest BCUT2D eigenvalue weighted by molar-refractivity contribution is -0.116. The molecule has 1 aliphatic heterocycles. The van der Waals surface area contributed by atoms with Crippen LogP contribution < -0.4 is 10.9 Å². The van der Waals surface area contributed by atoms with Crippen molar-refractivity contribution in [2.45, 2.75) is 47.2 Å². The van der Waals surface area contributed by atoms with E-state index in [4.69, 9.17) is 9.47 Å². The van der Waals surface area contributed by atoms with E-state index in [-0.39, 0.29) is 31.9 Å². The molecule has 0 saturated heterocycles. The molecule has 3 heterocycles. The highest BCUT2D eigenvalue weighted by Gasteiger charge is 2.31. The Bertz CT molecular complexity index is 1110. The molecule has 0 aromatic carbocycles. The number of rotatable bonds is 6. The van der Waals surface area contributed by atoms with Crippen LogP contribution in [0.25, 0.3) is 0 Å². The van der Waals surface area contributed by atoms with Crippen molar-refractivity contribution in [1.29, 1.82) is 0 Å². The Morgan fingerprint density at radius 2 is 1.91 bits per heavy atom. The van der Waals surface area contributed by atoms with Gasteiger partial charge < -0.3 is 19.7 Å². The zero-order chi connectivity index (χ0) is 23.4. The Balaban J connectivity index is 1.86. The van der Waals surface area contributed by atoms with Crippen molar-refractivity contribution in [2.75, 3.05) is 25.1 Å². The third kappa shape index (κ3) is 4.82. The number of thiophene rings is 1. The quantitative estimate of drug-likeness (QED) is 0.654. The van der Waals surface area contributed by atoms with Crippen LogP contribution in [0.3, 0.4) is 0 Å². The number of esters is 1. The van der Waals surface area contributed by atoms with Gasteiger partial charge in [0.2, 0.25) is 5.91 Å². The minimum atomic E-state index is -0.533. The highest BCUT2D eigenvalue weighted by molar-refractivity contribution is 7.17. The maximum absolute atomic E-state index is 12.7. The number of ether oxygens (including phenoxy) is 2. The van der Waals surface area contributed by atoms with Gasteiger partial charge in [0.15, 0.2) is 0 Å². The number of carbonyl (C=O) groups excluding carboxylic acids is 3. The van der Waals surface area contributed by atoms with Gasteiger partial charge in [0.05, 0.1) is 31.6 Å². The lowest BCUT2D eigenvalue weighted by atomic mass is 10.0. The SMILES string of the molecule is CCOC(=O)c1c(NC(=O)Cn2cnc(C)c(C)c2=O)sc2c1CCN(C(=O)OCC)C2. The molecular weight excluding hydrogens is 436 g/mol. The molecule has 1 N–H and O–H groups in total. The van der Waals surface area contributed by atoms with Gasteiger partial charge in [-0.25, -0.2) is 14.6 Å². The number of anilines is 1. The van der Waals surface area contributed by atoms with E-state index in [1.54, 1.807) is 32.6 Å². The van der Waals surface area contributed by atoms with Gasteiger partial charge in [-0.05, 0) is 39.7 Å². The van der Waals surface area contributed by atoms with Gasteiger partial charge in [-0.1, -0.05) is 0 Å². The highest BCUT2D eigenvalue weighted by Crippen LogP contribution is 2.37. The van der Waals surface area contributed by atoms with Gasteiger partial charge in [-0.3, -0.25) is 14.2 Å². The van der Waals surface area contributed by atoms with Gasteiger partial charge in [-0.15, -0.1) is 11.3 Å². The second-order valence-electron chi connectivity index (χ2n) is 7.24. The molecule has 3 rings (SSSR count). The number of carbonyl (C=O) groups is 3. The smallest absolute Gasteiger partial charge is 0.410 e. The summed E-state index contributed by atoms with van der Waals surface area (Å²) in [6.45, 7) is 7.71. The van der Waals surface area contributed by atoms with Crippen LogP contribution in [0, 0.1) is 13.8 Å². The summed E-state index contributed by atoms with van der Waals surface area (Å²) in [5.41, 5.74) is 1.84. The molecule has 172 valence electrons. The van der Waals surface area contributed by atoms with Crippen molar-refractivity contribution < 1.29 is 23.9 Å². The average Bonchev–Trinajstić information content (AvgIpc) is 3.11.